The molecule has 2 N–H and O–H groups in total. The van der Waals surface area contributed by atoms with Gasteiger partial charge in [0.25, 0.3) is 0 Å². The lowest BCUT2D eigenvalue weighted by molar-refractivity contribution is 0.101. The number of aromatic nitrogens is 2. The Hall–Kier alpha value is -3.67. The maximum Gasteiger partial charge on any atom is 0.163 e. The van der Waals surface area contributed by atoms with Gasteiger partial charge in [-0.15, -0.1) is 0 Å². The molecule has 1 aromatic carbocycles. The molecule has 2 aromatic heterocycles. The van der Waals surface area contributed by atoms with E-state index in [9.17, 15) is 9.18 Å². The number of aliphatic imine (C=N–C) groups is 1. The van der Waals surface area contributed by atoms with Gasteiger partial charge in [-0.3, -0.25) is 14.8 Å². The first-order valence-electron chi connectivity index (χ1n) is 8.77. The number of rotatable bonds is 4. The van der Waals surface area contributed by atoms with Crippen molar-refractivity contribution in [1.82, 2.24) is 9.97 Å². The van der Waals surface area contributed by atoms with E-state index in [0.29, 0.717) is 12.0 Å². The minimum atomic E-state index is -0.293. The van der Waals surface area contributed by atoms with Gasteiger partial charge in [0.1, 0.15) is 11.6 Å². The molecule has 28 heavy (non-hydrogen) atoms. The summed E-state index contributed by atoms with van der Waals surface area (Å²) in [6.07, 6.45) is 5.59. The predicted octanol–water partition coefficient (Wildman–Crippen LogP) is 4.16. The normalized spacial score (nSPS) is 13.6. The van der Waals surface area contributed by atoms with Crippen LogP contribution in [0.25, 0.3) is 11.3 Å². The number of hydrogen-bond acceptors (Lipinski definition) is 5. The number of allylic oxidation sites excluding steroid dienone is 1. The Morgan fingerprint density at radius 1 is 1.04 bits per heavy atom. The summed E-state index contributed by atoms with van der Waals surface area (Å²) in [6.45, 7) is 1.46. The van der Waals surface area contributed by atoms with Gasteiger partial charge in [0.15, 0.2) is 5.78 Å². The number of Topliss-reactive ketones (excluding diaryl/α,β-unsaturated/α-hetero) is 1. The zero-order valence-electron chi connectivity index (χ0n) is 15.2. The fraction of sp³-hybridized carbons (Fsp3) is 0.0909. The number of carbonyl (C=O) groups is 1. The number of anilines is 1. The summed E-state index contributed by atoms with van der Waals surface area (Å²) in [6, 6.07) is 11.8. The fourth-order valence-corrected chi connectivity index (χ4v) is 3.21. The SMILES string of the molecule is CC(=O)c1cc(C2=C(c3ccncc3)N=C(c3ccc(F)cc3)C2)cnc1N. The van der Waals surface area contributed by atoms with Crippen molar-refractivity contribution in [1.29, 1.82) is 0 Å². The molecule has 4 rings (SSSR count). The zero-order valence-corrected chi connectivity index (χ0v) is 15.2. The van der Waals surface area contributed by atoms with Crippen LogP contribution in [0, 0.1) is 5.82 Å². The van der Waals surface area contributed by atoms with Crippen molar-refractivity contribution in [3.63, 3.8) is 0 Å². The summed E-state index contributed by atoms with van der Waals surface area (Å²) in [5.41, 5.74) is 11.3. The quantitative estimate of drug-likeness (QED) is 0.697. The van der Waals surface area contributed by atoms with Gasteiger partial charge < -0.3 is 5.73 Å². The molecule has 0 saturated heterocycles. The molecule has 0 amide bonds. The number of benzene rings is 1. The minimum absolute atomic E-state index is 0.143. The molecule has 0 fully saturated rings. The van der Waals surface area contributed by atoms with Crippen LogP contribution in [0.4, 0.5) is 10.2 Å². The fourth-order valence-electron chi connectivity index (χ4n) is 3.21. The zero-order chi connectivity index (χ0) is 19.7. The van der Waals surface area contributed by atoms with E-state index < -0.39 is 0 Å². The largest absolute Gasteiger partial charge is 0.383 e. The van der Waals surface area contributed by atoms with Crippen LogP contribution >= 0.6 is 0 Å². The van der Waals surface area contributed by atoms with Crippen molar-refractivity contribution in [3.8, 4) is 0 Å². The van der Waals surface area contributed by atoms with Gasteiger partial charge in [-0.2, -0.15) is 0 Å². The molecule has 138 valence electrons. The molecule has 3 heterocycles. The van der Waals surface area contributed by atoms with E-state index in [1.54, 1.807) is 36.8 Å². The molecule has 3 aromatic rings. The van der Waals surface area contributed by atoms with Gasteiger partial charge in [-0.1, -0.05) is 12.1 Å². The average Bonchev–Trinajstić information content (AvgIpc) is 3.15. The number of ketones is 1. The lowest BCUT2D eigenvalue weighted by atomic mass is 9.96. The first kappa shape index (κ1) is 17.7. The molecule has 0 atom stereocenters. The molecular weight excluding hydrogens is 355 g/mol. The van der Waals surface area contributed by atoms with Crippen molar-refractivity contribution < 1.29 is 9.18 Å². The number of carbonyl (C=O) groups excluding carboxylic acids is 1. The second kappa shape index (κ2) is 7.15. The molecule has 0 saturated carbocycles. The number of hydrogen-bond donors (Lipinski definition) is 1. The smallest absolute Gasteiger partial charge is 0.163 e. The van der Waals surface area contributed by atoms with Crippen molar-refractivity contribution in [2.24, 2.45) is 4.99 Å². The first-order chi connectivity index (χ1) is 13.5. The van der Waals surface area contributed by atoms with Crippen LogP contribution in [0.5, 0.6) is 0 Å². The van der Waals surface area contributed by atoms with E-state index >= 15 is 0 Å². The van der Waals surface area contributed by atoms with Crippen LogP contribution < -0.4 is 5.73 Å². The molecule has 1 aliphatic rings. The van der Waals surface area contributed by atoms with Gasteiger partial charge in [0.05, 0.1) is 17.0 Å². The second-order valence-corrected chi connectivity index (χ2v) is 6.52. The summed E-state index contributed by atoms with van der Waals surface area (Å²) < 4.78 is 13.3. The molecule has 0 unspecified atom stereocenters. The Morgan fingerprint density at radius 3 is 2.43 bits per heavy atom. The molecular formula is C22H17FN4O. The van der Waals surface area contributed by atoms with Crippen LogP contribution in [0.3, 0.4) is 0 Å². The van der Waals surface area contributed by atoms with Gasteiger partial charge in [-0.25, -0.2) is 9.37 Å². The van der Waals surface area contributed by atoms with Gasteiger partial charge >= 0.3 is 0 Å². The lowest BCUT2D eigenvalue weighted by Crippen LogP contribution is -2.04. The van der Waals surface area contributed by atoms with Crippen molar-refractivity contribution in [2.45, 2.75) is 13.3 Å². The Kier molecular flexibility index (Phi) is 4.53. The highest BCUT2D eigenvalue weighted by Crippen LogP contribution is 2.37. The highest BCUT2D eigenvalue weighted by Gasteiger charge is 2.23. The molecule has 0 aliphatic carbocycles. The van der Waals surface area contributed by atoms with E-state index in [4.69, 9.17) is 10.7 Å². The molecule has 0 spiro atoms. The summed E-state index contributed by atoms with van der Waals surface area (Å²) in [4.78, 5) is 25.0. The minimum Gasteiger partial charge on any atom is -0.383 e. The summed E-state index contributed by atoms with van der Waals surface area (Å²) in [5, 5.41) is 0. The number of nitrogen functional groups attached to an aromatic ring is 1. The Morgan fingerprint density at radius 2 is 1.75 bits per heavy atom. The molecule has 0 radical (unpaired) electrons. The van der Waals surface area contributed by atoms with E-state index in [1.165, 1.54) is 19.1 Å². The lowest BCUT2D eigenvalue weighted by Gasteiger charge is -2.09. The predicted molar refractivity (Wildman–Crippen MR) is 107 cm³/mol. The van der Waals surface area contributed by atoms with Crippen molar-refractivity contribution in [2.75, 3.05) is 5.73 Å². The Labute approximate surface area is 161 Å². The number of nitrogens with two attached hydrogens (primary N) is 1. The first-order valence-corrected chi connectivity index (χ1v) is 8.77. The topological polar surface area (TPSA) is 81.2 Å². The third kappa shape index (κ3) is 3.32. The van der Waals surface area contributed by atoms with E-state index in [-0.39, 0.29) is 17.4 Å². The third-order valence-corrected chi connectivity index (χ3v) is 4.65. The van der Waals surface area contributed by atoms with Crippen molar-refractivity contribution >= 4 is 28.6 Å². The standard InChI is InChI=1S/C22H17FN4O/c1-13(28)18-10-16(12-26-22(18)24)19-11-20(14-2-4-17(23)5-3-14)27-21(19)15-6-8-25-9-7-15/h2-10,12H,11H2,1H3,(H2,24,26). The summed E-state index contributed by atoms with van der Waals surface area (Å²) >= 11 is 0. The Balaban J connectivity index is 1.83. The number of nitrogens with zero attached hydrogens (tertiary/aromatic N) is 3. The van der Waals surface area contributed by atoms with Crippen LogP contribution in [0.2, 0.25) is 0 Å². The Bertz CT molecular complexity index is 1120. The maximum absolute atomic E-state index is 13.3. The maximum atomic E-state index is 13.3. The van der Waals surface area contributed by atoms with Crippen LogP contribution in [-0.4, -0.2) is 21.5 Å². The summed E-state index contributed by atoms with van der Waals surface area (Å²) in [5.74, 6) is -0.228. The van der Waals surface area contributed by atoms with Crippen molar-refractivity contribution in [3.05, 3.63) is 89.1 Å². The van der Waals surface area contributed by atoms with E-state index in [1.807, 2.05) is 12.1 Å². The number of halogens is 1. The monoisotopic (exact) mass is 372 g/mol. The highest BCUT2D eigenvalue weighted by atomic mass is 19.1. The van der Waals surface area contributed by atoms with Crippen LogP contribution in [0.15, 0.2) is 66.0 Å². The molecule has 5 nitrogen and oxygen atoms in total. The average molecular weight is 372 g/mol. The highest BCUT2D eigenvalue weighted by molar-refractivity contribution is 6.17. The molecule has 6 heteroatoms. The third-order valence-electron chi connectivity index (χ3n) is 4.65. The van der Waals surface area contributed by atoms with E-state index in [2.05, 4.69) is 9.97 Å². The van der Waals surface area contributed by atoms with Gasteiger partial charge in [-0.05, 0) is 54.0 Å². The van der Waals surface area contributed by atoms with Gasteiger partial charge in [0.2, 0.25) is 0 Å². The van der Waals surface area contributed by atoms with Crippen LogP contribution in [0.1, 0.15) is 40.4 Å². The van der Waals surface area contributed by atoms with Crippen LogP contribution in [-0.2, 0) is 0 Å². The number of pyridine rings is 2. The summed E-state index contributed by atoms with van der Waals surface area (Å²) in [7, 11) is 0. The molecule has 1 aliphatic heterocycles. The molecule has 0 bridgehead atoms. The second-order valence-electron chi connectivity index (χ2n) is 6.52. The van der Waals surface area contributed by atoms with Gasteiger partial charge in [0, 0.05) is 30.6 Å². The van der Waals surface area contributed by atoms with E-state index in [0.717, 1.165) is 33.7 Å².